The highest BCUT2D eigenvalue weighted by molar-refractivity contribution is 7.89. The summed E-state index contributed by atoms with van der Waals surface area (Å²) in [6.07, 6.45) is 0.698. The molecule has 0 heterocycles. The summed E-state index contributed by atoms with van der Waals surface area (Å²) < 4.78 is 31.3. The predicted octanol–water partition coefficient (Wildman–Crippen LogP) is 0.993. The third-order valence-electron chi connectivity index (χ3n) is 1.70. The largest absolute Gasteiger partial charge is 0.419 e. The van der Waals surface area contributed by atoms with E-state index in [1.807, 2.05) is 13.8 Å². The normalized spacial score (nSPS) is 12.8. The quantitative estimate of drug-likeness (QED) is 0.488. The molecule has 0 atom stereocenters. The van der Waals surface area contributed by atoms with Crippen LogP contribution in [-0.2, 0) is 18.7 Å². The number of hydrogen-bond acceptors (Lipinski definition) is 4. The van der Waals surface area contributed by atoms with Gasteiger partial charge in [-0.2, -0.15) is 8.42 Å². The lowest BCUT2D eigenvalue weighted by molar-refractivity contribution is 0.152. The molecule has 0 aromatic heterocycles. The van der Waals surface area contributed by atoms with Gasteiger partial charge in [0, 0.05) is 6.61 Å². The van der Waals surface area contributed by atoms with Crippen molar-refractivity contribution >= 4 is 20.6 Å². The summed E-state index contributed by atoms with van der Waals surface area (Å²) in [5, 5.41) is 0.795. The maximum absolute atomic E-state index is 10.9. The summed E-state index contributed by atoms with van der Waals surface area (Å²) in [6, 6.07) is 0. The van der Waals surface area contributed by atoms with Crippen molar-refractivity contribution in [2.75, 3.05) is 13.2 Å². The van der Waals surface area contributed by atoms with Gasteiger partial charge in [0.1, 0.15) is 0 Å². The van der Waals surface area contributed by atoms with Crippen LogP contribution < -0.4 is 0 Å². The van der Waals surface area contributed by atoms with Gasteiger partial charge in [-0.25, -0.2) is 0 Å². The molecule has 0 fully saturated rings. The second-order valence-electron chi connectivity index (χ2n) is 3.68. The molecule has 0 amide bonds. The average Bonchev–Trinajstić information content (AvgIpc) is 2.12. The van der Waals surface area contributed by atoms with Crippen molar-refractivity contribution < 1.29 is 17.0 Å². The molecule has 0 spiro atoms. The van der Waals surface area contributed by atoms with Crippen molar-refractivity contribution in [3.05, 3.63) is 12.0 Å². The van der Waals surface area contributed by atoms with Crippen LogP contribution in [-0.4, -0.2) is 32.1 Å². The number of rotatable bonds is 7. The van der Waals surface area contributed by atoms with E-state index >= 15 is 0 Å². The van der Waals surface area contributed by atoms with Crippen LogP contribution in [0.3, 0.4) is 0 Å². The Labute approximate surface area is 89.0 Å². The topological polar surface area (TPSA) is 52.6 Å². The first-order valence-corrected chi connectivity index (χ1v) is 6.01. The minimum Gasteiger partial charge on any atom is -0.419 e. The molecule has 0 aliphatic rings. The molecule has 0 saturated heterocycles. The van der Waals surface area contributed by atoms with Gasteiger partial charge in [-0.3, -0.25) is 4.18 Å². The Balaban J connectivity index is 4.05. The summed E-state index contributed by atoms with van der Waals surface area (Å²) in [5.74, 6) is 0. The lowest BCUT2D eigenvalue weighted by atomic mass is 9.91. The van der Waals surface area contributed by atoms with Crippen LogP contribution in [0, 0.1) is 5.41 Å². The van der Waals surface area contributed by atoms with Crippen LogP contribution in [0.5, 0.6) is 0 Å². The van der Waals surface area contributed by atoms with Crippen LogP contribution >= 0.6 is 0 Å². The van der Waals surface area contributed by atoms with Gasteiger partial charge in [0.25, 0.3) is 10.1 Å². The lowest BCUT2D eigenvalue weighted by Gasteiger charge is -2.22. The van der Waals surface area contributed by atoms with Gasteiger partial charge in [-0.1, -0.05) is 20.4 Å². The molecular formula is C8H15O4SSi. The highest BCUT2D eigenvalue weighted by atomic mass is 32.2. The average molecular weight is 235 g/mol. The lowest BCUT2D eigenvalue weighted by Crippen LogP contribution is -2.23. The molecule has 6 heteroatoms. The molecule has 0 N–H and O–H groups in total. The smallest absolute Gasteiger partial charge is 0.289 e. The van der Waals surface area contributed by atoms with Crippen molar-refractivity contribution in [2.45, 2.75) is 20.3 Å². The van der Waals surface area contributed by atoms with Crippen LogP contribution in [0.2, 0.25) is 0 Å². The minimum absolute atomic E-state index is 0.122. The zero-order valence-corrected chi connectivity index (χ0v) is 10.3. The summed E-state index contributed by atoms with van der Waals surface area (Å²) >= 11 is 0. The van der Waals surface area contributed by atoms with Gasteiger partial charge in [0.05, 0.1) is 12.0 Å². The van der Waals surface area contributed by atoms with E-state index in [-0.39, 0.29) is 12.0 Å². The Morgan fingerprint density at radius 3 is 2.50 bits per heavy atom. The molecule has 0 aliphatic heterocycles. The molecule has 14 heavy (non-hydrogen) atoms. The standard InChI is InChI=1S/C8H15O4SSi/c1-4-13(9,10)11-7-8(2,3)5-6-12-14/h4H,1,5-7H2,2-3H3. The van der Waals surface area contributed by atoms with Crippen LogP contribution in [0.4, 0.5) is 0 Å². The highest BCUT2D eigenvalue weighted by Gasteiger charge is 2.20. The second kappa shape index (κ2) is 5.65. The van der Waals surface area contributed by atoms with E-state index in [9.17, 15) is 8.42 Å². The van der Waals surface area contributed by atoms with Crippen LogP contribution in [0.1, 0.15) is 20.3 Å². The van der Waals surface area contributed by atoms with Crippen LogP contribution in [0.15, 0.2) is 12.0 Å². The molecular weight excluding hydrogens is 220 g/mol. The molecule has 0 aromatic rings. The van der Waals surface area contributed by atoms with E-state index in [2.05, 4.69) is 17.1 Å². The van der Waals surface area contributed by atoms with Crippen molar-refractivity contribution in [3.8, 4) is 0 Å². The van der Waals surface area contributed by atoms with Crippen molar-refractivity contribution in [1.82, 2.24) is 0 Å². The van der Waals surface area contributed by atoms with Gasteiger partial charge in [0.2, 0.25) is 10.5 Å². The van der Waals surface area contributed by atoms with E-state index in [4.69, 9.17) is 8.61 Å². The summed E-state index contributed by atoms with van der Waals surface area (Å²) in [5.41, 5.74) is -0.247. The fraction of sp³-hybridized carbons (Fsp3) is 0.750. The predicted molar refractivity (Wildman–Crippen MR) is 55.2 cm³/mol. The molecule has 0 unspecified atom stereocenters. The van der Waals surface area contributed by atoms with Crippen molar-refractivity contribution in [2.24, 2.45) is 5.41 Å². The van der Waals surface area contributed by atoms with Gasteiger partial charge >= 0.3 is 0 Å². The van der Waals surface area contributed by atoms with Gasteiger partial charge in [-0.05, 0) is 11.8 Å². The monoisotopic (exact) mass is 235 g/mol. The number of hydrogen-bond donors (Lipinski definition) is 0. The first-order chi connectivity index (χ1) is 6.33. The SMILES string of the molecule is C=CS(=O)(=O)OCC(C)(C)CCO[Si]. The third-order valence-corrected chi connectivity index (χ3v) is 2.76. The molecule has 81 valence electrons. The second-order valence-corrected chi connectivity index (χ2v) is 5.53. The summed E-state index contributed by atoms with van der Waals surface area (Å²) in [7, 11) is -0.690. The molecule has 0 rings (SSSR count). The first-order valence-electron chi connectivity index (χ1n) is 4.13. The Hall–Kier alpha value is -0.173. The van der Waals surface area contributed by atoms with E-state index in [1.165, 1.54) is 0 Å². The minimum atomic E-state index is -3.57. The van der Waals surface area contributed by atoms with Crippen LogP contribution in [0.25, 0.3) is 0 Å². The highest BCUT2D eigenvalue weighted by Crippen LogP contribution is 2.21. The van der Waals surface area contributed by atoms with Gasteiger partial charge < -0.3 is 4.43 Å². The van der Waals surface area contributed by atoms with Gasteiger partial charge in [0.15, 0.2) is 0 Å². The van der Waals surface area contributed by atoms with E-state index in [0.29, 0.717) is 13.0 Å². The summed E-state index contributed by atoms with van der Waals surface area (Å²) in [4.78, 5) is 0. The Bertz CT molecular complexity index is 271. The zero-order chi connectivity index (χ0) is 11.2. The van der Waals surface area contributed by atoms with E-state index in [1.54, 1.807) is 0 Å². The van der Waals surface area contributed by atoms with E-state index < -0.39 is 10.1 Å². The van der Waals surface area contributed by atoms with Gasteiger partial charge in [-0.15, -0.1) is 0 Å². The Morgan fingerprint density at radius 1 is 1.50 bits per heavy atom. The molecule has 0 saturated carbocycles. The molecule has 0 aliphatic carbocycles. The van der Waals surface area contributed by atoms with Crippen molar-refractivity contribution in [1.29, 1.82) is 0 Å². The van der Waals surface area contributed by atoms with E-state index in [0.717, 1.165) is 5.41 Å². The fourth-order valence-electron chi connectivity index (χ4n) is 0.689. The fourth-order valence-corrected chi connectivity index (χ4v) is 1.37. The summed E-state index contributed by atoms with van der Waals surface area (Å²) in [6.45, 7) is 7.57. The maximum Gasteiger partial charge on any atom is 0.289 e. The zero-order valence-electron chi connectivity index (χ0n) is 8.45. The first kappa shape index (κ1) is 13.8. The Morgan fingerprint density at radius 2 is 2.07 bits per heavy atom. The molecule has 0 aromatic carbocycles. The van der Waals surface area contributed by atoms with Crippen molar-refractivity contribution in [3.63, 3.8) is 0 Å². The molecule has 0 bridgehead atoms. The molecule has 4 nitrogen and oxygen atoms in total. The molecule has 3 radical (unpaired) electrons. The third kappa shape index (κ3) is 6.31. The Kier molecular flexibility index (Phi) is 5.58. The maximum atomic E-state index is 10.9.